The minimum atomic E-state index is 0.589. The Morgan fingerprint density at radius 2 is 1.75 bits per heavy atom. The minimum Gasteiger partial charge on any atom is -0.493 e. The molecule has 2 rings (SSSR count). The largest absolute Gasteiger partial charge is 0.493 e. The summed E-state index contributed by atoms with van der Waals surface area (Å²) in [5.74, 6) is 1.85. The Labute approximate surface area is 122 Å². The molecule has 2 aromatic rings. The van der Waals surface area contributed by atoms with Gasteiger partial charge in [-0.1, -0.05) is 0 Å². The Balaban J connectivity index is 2.19. The lowest BCUT2D eigenvalue weighted by Gasteiger charge is -2.14. The predicted octanol–water partition coefficient (Wildman–Crippen LogP) is 3.09. The summed E-state index contributed by atoms with van der Waals surface area (Å²) < 4.78 is 15.9. The van der Waals surface area contributed by atoms with Crippen LogP contribution in [0.15, 0.2) is 17.5 Å². The predicted molar refractivity (Wildman–Crippen MR) is 80.3 cm³/mol. The van der Waals surface area contributed by atoms with Crippen LogP contribution in [0.5, 0.6) is 17.2 Å². The first-order chi connectivity index (χ1) is 9.67. The molecule has 0 fully saturated rings. The zero-order chi connectivity index (χ0) is 14.5. The van der Waals surface area contributed by atoms with Crippen LogP contribution in [0, 0.1) is 6.92 Å². The van der Waals surface area contributed by atoms with Crippen LogP contribution in [0.1, 0.15) is 10.7 Å². The van der Waals surface area contributed by atoms with Crippen LogP contribution in [0.25, 0.3) is 0 Å². The van der Waals surface area contributed by atoms with Gasteiger partial charge in [-0.05, 0) is 6.92 Å². The van der Waals surface area contributed by atoms with Gasteiger partial charge in [0.05, 0.1) is 27.9 Å². The normalized spacial score (nSPS) is 10.2. The van der Waals surface area contributed by atoms with Gasteiger partial charge in [0.2, 0.25) is 5.75 Å². The topological polar surface area (TPSA) is 52.6 Å². The average molecular weight is 294 g/mol. The van der Waals surface area contributed by atoms with Gasteiger partial charge in [-0.2, -0.15) is 0 Å². The maximum absolute atomic E-state index is 5.32. The van der Waals surface area contributed by atoms with Crippen molar-refractivity contribution in [3.05, 3.63) is 28.2 Å². The van der Waals surface area contributed by atoms with E-state index in [1.807, 2.05) is 24.4 Å². The van der Waals surface area contributed by atoms with Crippen LogP contribution in [-0.2, 0) is 6.54 Å². The fourth-order valence-electron chi connectivity index (χ4n) is 1.84. The Morgan fingerprint density at radius 3 is 2.20 bits per heavy atom. The quantitative estimate of drug-likeness (QED) is 0.887. The number of rotatable bonds is 6. The zero-order valence-electron chi connectivity index (χ0n) is 12.0. The van der Waals surface area contributed by atoms with E-state index in [1.54, 1.807) is 32.7 Å². The third-order valence-corrected chi connectivity index (χ3v) is 3.74. The average Bonchev–Trinajstić information content (AvgIpc) is 2.89. The number of benzene rings is 1. The highest BCUT2D eigenvalue weighted by Gasteiger charge is 2.13. The molecule has 1 heterocycles. The van der Waals surface area contributed by atoms with E-state index in [0.29, 0.717) is 23.8 Å². The first-order valence-electron chi connectivity index (χ1n) is 6.12. The van der Waals surface area contributed by atoms with Gasteiger partial charge in [0.25, 0.3) is 0 Å². The highest BCUT2D eigenvalue weighted by molar-refractivity contribution is 7.09. The molecule has 0 saturated heterocycles. The summed E-state index contributed by atoms with van der Waals surface area (Å²) in [5.41, 5.74) is 1.93. The molecular weight excluding hydrogens is 276 g/mol. The Hall–Kier alpha value is -1.95. The summed E-state index contributed by atoms with van der Waals surface area (Å²) in [6, 6.07) is 3.75. The molecule has 0 saturated carbocycles. The van der Waals surface area contributed by atoms with E-state index < -0.39 is 0 Å². The van der Waals surface area contributed by atoms with Gasteiger partial charge in [0.15, 0.2) is 11.5 Å². The zero-order valence-corrected chi connectivity index (χ0v) is 12.8. The van der Waals surface area contributed by atoms with Crippen molar-refractivity contribution < 1.29 is 14.2 Å². The lowest BCUT2D eigenvalue weighted by molar-refractivity contribution is 0.324. The Kier molecular flexibility index (Phi) is 4.68. The molecule has 0 aliphatic rings. The highest BCUT2D eigenvalue weighted by Crippen LogP contribution is 2.40. The summed E-state index contributed by atoms with van der Waals surface area (Å²) in [6.07, 6.45) is 0. The molecule has 1 N–H and O–H groups in total. The van der Waals surface area contributed by atoms with Crippen LogP contribution in [0.4, 0.5) is 5.69 Å². The number of ether oxygens (including phenoxy) is 3. The van der Waals surface area contributed by atoms with Gasteiger partial charge in [-0.3, -0.25) is 0 Å². The second kappa shape index (κ2) is 6.47. The van der Waals surface area contributed by atoms with Gasteiger partial charge in [-0.25, -0.2) is 4.98 Å². The lowest BCUT2D eigenvalue weighted by Crippen LogP contribution is -2.01. The van der Waals surface area contributed by atoms with Gasteiger partial charge < -0.3 is 19.5 Å². The van der Waals surface area contributed by atoms with Crippen LogP contribution < -0.4 is 19.5 Å². The van der Waals surface area contributed by atoms with Crippen LogP contribution in [0.2, 0.25) is 0 Å². The van der Waals surface area contributed by atoms with Crippen molar-refractivity contribution >= 4 is 17.0 Å². The van der Waals surface area contributed by atoms with Crippen LogP contribution >= 0.6 is 11.3 Å². The van der Waals surface area contributed by atoms with Gasteiger partial charge in [0, 0.05) is 28.9 Å². The molecule has 5 nitrogen and oxygen atoms in total. The van der Waals surface area contributed by atoms with Gasteiger partial charge in [-0.15, -0.1) is 11.3 Å². The first kappa shape index (κ1) is 14.5. The molecular formula is C14H18N2O3S. The number of hydrogen-bond acceptors (Lipinski definition) is 6. The Bertz CT molecular complexity index is 559. The van der Waals surface area contributed by atoms with E-state index in [9.17, 15) is 0 Å². The number of nitrogens with one attached hydrogen (secondary N) is 1. The molecule has 20 heavy (non-hydrogen) atoms. The van der Waals surface area contributed by atoms with Crippen molar-refractivity contribution in [1.82, 2.24) is 4.98 Å². The van der Waals surface area contributed by atoms with E-state index in [0.717, 1.165) is 16.4 Å². The summed E-state index contributed by atoms with van der Waals surface area (Å²) in [4.78, 5) is 4.41. The Morgan fingerprint density at radius 1 is 1.10 bits per heavy atom. The number of hydrogen-bond donors (Lipinski definition) is 1. The molecule has 108 valence electrons. The molecule has 0 atom stereocenters. The third-order valence-electron chi connectivity index (χ3n) is 2.78. The molecule has 6 heteroatoms. The van der Waals surface area contributed by atoms with Crippen molar-refractivity contribution in [3.63, 3.8) is 0 Å². The number of nitrogens with zero attached hydrogens (tertiary/aromatic N) is 1. The molecule has 0 amide bonds. The van der Waals surface area contributed by atoms with E-state index in [2.05, 4.69) is 10.3 Å². The van der Waals surface area contributed by atoms with Crippen molar-refractivity contribution in [1.29, 1.82) is 0 Å². The minimum absolute atomic E-state index is 0.589. The number of anilines is 1. The van der Waals surface area contributed by atoms with E-state index >= 15 is 0 Å². The molecule has 0 radical (unpaired) electrons. The maximum Gasteiger partial charge on any atom is 0.203 e. The second-order valence-corrected chi connectivity index (χ2v) is 5.09. The molecule has 0 bridgehead atoms. The number of methoxy groups -OCH3 is 3. The molecule has 1 aromatic heterocycles. The second-order valence-electron chi connectivity index (χ2n) is 4.15. The third kappa shape index (κ3) is 3.14. The summed E-state index contributed by atoms with van der Waals surface area (Å²) in [5, 5.41) is 6.38. The fourth-order valence-corrected chi connectivity index (χ4v) is 2.56. The monoisotopic (exact) mass is 294 g/mol. The smallest absolute Gasteiger partial charge is 0.203 e. The van der Waals surface area contributed by atoms with E-state index in [4.69, 9.17) is 14.2 Å². The standard InChI is InChI=1S/C14H18N2O3S/c1-9-8-20-13(16-9)7-15-10-5-11(17-2)14(19-4)12(6-10)18-3/h5-6,8,15H,7H2,1-4H3. The van der Waals surface area contributed by atoms with E-state index in [1.165, 1.54) is 0 Å². The number of aromatic nitrogens is 1. The molecule has 0 aliphatic carbocycles. The van der Waals surface area contributed by atoms with Crippen molar-refractivity contribution in [2.24, 2.45) is 0 Å². The molecule has 1 aromatic carbocycles. The van der Waals surface area contributed by atoms with E-state index in [-0.39, 0.29) is 0 Å². The van der Waals surface area contributed by atoms with Crippen molar-refractivity contribution in [2.75, 3.05) is 26.6 Å². The number of aryl methyl sites for hydroxylation is 1. The van der Waals surface area contributed by atoms with Crippen LogP contribution in [-0.4, -0.2) is 26.3 Å². The summed E-state index contributed by atoms with van der Waals surface area (Å²) in [6.45, 7) is 2.65. The SMILES string of the molecule is COc1cc(NCc2nc(C)cs2)cc(OC)c1OC. The molecule has 0 spiro atoms. The van der Waals surface area contributed by atoms with Crippen LogP contribution in [0.3, 0.4) is 0 Å². The highest BCUT2D eigenvalue weighted by atomic mass is 32.1. The number of thiazole rings is 1. The summed E-state index contributed by atoms with van der Waals surface area (Å²) >= 11 is 1.64. The van der Waals surface area contributed by atoms with Gasteiger partial charge in [0.1, 0.15) is 5.01 Å². The van der Waals surface area contributed by atoms with Gasteiger partial charge >= 0.3 is 0 Å². The molecule has 0 unspecified atom stereocenters. The van der Waals surface area contributed by atoms with Crippen molar-refractivity contribution in [2.45, 2.75) is 13.5 Å². The maximum atomic E-state index is 5.32. The molecule has 0 aliphatic heterocycles. The van der Waals surface area contributed by atoms with Crippen molar-refractivity contribution in [3.8, 4) is 17.2 Å². The lowest BCUT2D eigenvalue weighted by atomic mass is 10.2. The fraction of sp³-hybridized carbons (Fsp3) is 0.357. The summed E-state index contributed by atoms with van der Waals surface area (Å²) in [7, 11) is 4.79. The first-order valence-corrected chi connectivity index (χ1v) is 7.00.